The number of rotatable bonds is 5. The van der Waals surface area contributed by atoms with Crippen LogP contribution in [0.25, 0.3) is 0 Å². The summed E-state index contributed by atoms with van der Waals surface area (Å²) in [5.74, 6) is 1.47. The summed E-state index contributed by atoms with van der Waals surface area (Å²) in [6.45, 7) is 5.85. The lowest BCUT2D eigenvalue weighted by atomic mass is 9.78. The molecular weight excluding hydrogens is 463 g/mol. The first-order valence-corrected chi connectivity index (χ1v) is 12.4. The number of halogens is 2. The minimum absolute atomic E-state index is 0.125. The molecule has 4 fully saturated rings. The molecule has 4 aliphatic rings. The lowest BCUT2D eigenvalue weighted by Gasteiger charge is -2.55. The van der Waals surface area contributed by atoms with Crippen LogP contribution in [0.2, 0.25) is 10.2 Å². The summed E-state index contributed by atoms with van der Waals surface area (Å²) in [7, 11) is 0. The zero-order chi connectivity index (χ0) is 22.6. The Morgan fingerprint density at radius 1 is 1.18 bits per heavy atom. The van der Waals surface area contributed by atoms with Crippen LogP contribution in [0.1, 0.15) is 49.5 Å². The Bertz CT molecular complexity index is 992. The van der Waals surface area contributed by atoms with E-state index in [0.717, 1.165) is 51.4 Å². The molecule has 1 aliphatic carbocycles. The number of nitrogens with zero attached hydrogens (tertiary/aromatic N) is 4. The summed E-state index contributed by atoms with van der Waals surface area (Å²) in [4.78, 5) is 7.12. The second-order valence-electron chi connectivity index (χ2n) is 9.95. The van der Waals surface area contributed by atoms with Gasteiger partial charge < -0.3 is 14.4 Å². The topological polar surface area (TPSA) is 84.4 Å². The maximum absolute atomic E-state index is 6.42. The van der Waals surface area contributed by atoms with Gasteiger partial charge in [0.25, 0.3) is 0 Å². The smallest absolute Gasteiger partial charge is 0.158 e. The molecule has 8 nitrogen and oxygen atoms in total. The summed E-state index contributed by atoms with van der Waals surface area (Å²) >= 11 is 12.5. The van der Waals surface area contributed by atoms with Gasteiger partial charge in [0, 0.05) is 30.9 Å². The average Bonchev–Trinajstić information content (AvgIpc) is 3.15. The quantitative estimate of drug-likeness (QED) is 0.658. The Morgan fingerprint density at radius 3 is 2.73 bits per heavy atom. The molecule has 0 amide bonds. The molecule has 0 radical (unpaired) electrons. The van der Waals surface area contributed by atoms with E-state index in [1.165, 1.54) is 11.8 Å². The predicted molar refractivity (Wildman–Crippen MR) is 125 cm³/mol. The van der Waals surface area contributed by atoms with Crippen LogP contribution in [0.4, 0.5) is 5.82 Å². The summed E-state index contributed by atoms with van der Waals surface area (Å²) in [6, 6.07) is 4.99. The number of aromatic nitrogens is 3. The highest BCUT2D eigenvalue weighted by Gasteiger charge is 2.49. The molecule has 0 bridgehead atoms. The molecule has 6 rings (SSSR count). The van der Waals surface area contributed by atoms with E-state index in [1.54, 1.807) is 0 Å². The largest absolute Gasteiger partial charge is 0.380 e. The zero-order valence-corrected chi connectivity index (χ0v) is 20.0. The molecule has 0 aromatic carbocycles. The second-order valence-corrected chi connectivity index (χ2v) is 10.7. The van der Waals surface area contributed by atoms with Gasteiger partial charge in [-0.15, -0.1) is 5.10 Å². The highest BCUT2D eigenvalue weighted by molar-refractivity contribution is 6.35. The molecule has 3 aliphatic heterocycles. The molecule has 2 aromatic rings. The monoisotopic (exact) mass is 490 g/mol. The van der Waals surface area contributed by atoms with Gasteiger partial charge >= 0.3 is 0 Å². The van der Waals surface area contributed by atoms with Gasteiger partial charge in [0.1, 0.15) is 5.82 Å². The molecule has 1 saturated carbocycles. The van der Waals surface area contributed by atoms with Crippen LogP contribution in [0, 0.1) is 11.3 Å². The molecule has 10 heteroatoms. The van der Waals surface area contributed by atoms with Crippen LogP contribution in [-0.4, -0.2) is 53.6 Å². The van der Waals surface area contributed by atoms with Gasteiger partial charge in [0.05, 0.1) is 48.1 Å². The van der Waals surface area contributed by atoms with Crippen molar-refractivity contribution in [3.8, 4) is 0 Å². The molecule has 5 heterocycles. The Hall–Kier alpha value is -1.55. The lowest BCUT2D eigenvalue weighted by Crippen LogP contribution is -2.66. The number of hydrogen-bond acceptors (Lipinski definition) is 8. The molecule has 3 saturated heterocycles. The first-order chi connectivity index (χ1) is 16.0. The Labute approximate surface area is 203 Å². The van der Waals surface area contributed by atoms with Crippen molar-refractivity contribution in [3.63, 3.8) is 0 Å². The molecular formula is C23H28Cl2N6O2. The van der Waals surface area contributed by atoms with Crippen molar-refractivity contribution in [2.75, 3.05) is 31.2 Å². The summed E-state index contributed by atoms with van der Waals surface area (Å²) < 4.78 is 11.8. The van der Waals surface area contributed by atoms with Gasteiger partial charge in [-0.1, -0.05) is 29.3 Å². The number of anilines is 1. The molecule has 5 atom stereocenters. The third kappa shape index (κ3) is 4.00. The summed E-state index contributed by atoms with van der Waals surface area (Å²) in [5, 5.41) is 8.51. The predicted octanol–water partition coefficient (Wildman–Crippen LogP) is 3.48. The number of hydrazine groups is 1. The highest BCUT2D eigenvalue weighted by Crippen LogP contribution is 2.42. The lowest BCUT2D eigenvalue weighted by molar-refractivity contribution is -0.127. The number of hydrogen-bond donors (Lipinski definition) is 2. The maximum Gasteiger partial charge on any atom is 0.158 e. The van der Waals surface area contributed by atoms with Crippen LogP contribution in [0.5, 0.6) is 0 Å². The highest BCUT2D eigenvalue weighted by atomic mass is 35.5. The van der Waals surface area contributed by atoms with Gasteiger partial charge in [0.15, 0.2) is 5.15 Å². The fourth-order valence-corrected chi connectivity index (χ4v) is 6.44. The molecule has 1 spiro atoms. The SMILES string of the molecule is C[C@@H](OC1CCC2NNC(c3ccc(N4CC5(COC5)C4)nc3)C2C1)c1c(Cl)cnnc1Cl. The van der Waals surface area contributed by atoms with E-state index in [4.69, 9.17) is 37.7 Å². The van der Waals surface area contributed by atoms with Crippen LogP contribution >= 0.6 is 23.2 Å². The molecule has 176 valence electrons. The third-order valence-electron chi connectivity index (χ3n) is 7.63. The fraction of sp³-hybridized carbons (Fsp3) is 0.609. The minimum Gasteiger partial charge on any atom is -0.380 e. The van der Waals surface area contributed by atoms with Crippen molar-refractivity contribution in [2.45, 2.75) is 50.5 Å². The minimum atomic E-state index is -0.246. The van der Waals surface area contributed by atoms with E-state index < -0.39 is 0 Å². The molecule has 33 heavy (non-hydrogen) atoms. The maximum atomic E-state index is 6.42. The van der Waals surface area contributed by atoms with Gasteiger partial charge in [-0.3, -0.25) is 5.43 Å². The van der Waals surface area contributed by atoms with Crippen LogP contribution in [0.3, 0.4) is 0 Å². The van der Waals surface area contributed by atoms with E-state index in [1.807, 2.05) is 13.1 Å². The van der Waals surface area contributed by atoms with Crippen molar-refractivity contribution >= 4 is 29.0 Å². The van der Waals surface area contributed by atoms with Gasteiger partial charge in [-0.25, -0.2) is 10.4 Å². The number of fused-ring (bicyclic) bond motifs is 1. The van der Waals surface area contributed by atoms with Crippen molar-refractivity contribution in [3.05, 3.63) is 45.8 Å². The second kappa shape index (κ2) is 8.59. The van der Waals surface area contributed by atoms with Crippen molar-refractivity contribution in [2.24, 2.45) is 11.3 Å². The van der Waals surface area contributed by atoms with Crippen LogP contribution in [0.15, 0.2) is 24.5 Å². The summed E-state index contributed by atoms with van der Waals surface area (Å²) in [6.07, 6.45) is 6.39. The fourth-order valence-electron chi connectivity index (χ4n) is 5.81. The van der Waals surface area contributed by atoms with E-state index in [-0.39, 0.29) is 18.2 Å². The van der Waals surface area contributed by atoms with Crippen LogP contribution < -0.4 is 15.8 Å². The Balaban J connectivity index is 1.11. The molecule has 4 unspecified atom stereocenters. The Morgan fingerprint density at radius 2 is 2.03 bits per heavy atom. The zero-order valence-electron chi connectivity index (χ0n) is 18.5. The summed E-state index contributed by atoms with van der Waals surface area (Å²) in [5.41, 5.74) is 9.31. The first-order valence-electron chi connectivity index (χ1n) is 11.6. The molecule has 2 N–H and O–H groups in total. The number of pyridine rings is 1. The first kappa shape index (κ1) is 21.9. The standard InChI is InChI=1S/C23H28Cl2N6O2/c1-13(20-17(24)8-27-30-22(20)25)33-15-3-4-18-16(6-15)21(29-28-18)14-2-5-19(26-7-14)31-9-23(10-31)11-32-12-23/h2,5,7-8,13,15-16,18,21,28-29H,3-4,6,9-12H2,1H3/t13-,15?,16?,18?,21?/m1/s1. The van der Waals surface area contributed by atoms with E-state index >= 15 is 0 Å². The van der Waals surface area contributed by atoms with Crippen molar-refractivity contribution < 1.29 is 9.47 Å². The van der Waals surface area contributed by atoms with Crippen molar-refractivity contribution in [1.29, 1.82) is 0 Å². The van der Waals surface area contributed by atoms with Gasteiger partial charge in [-0.05, 0) is 43.7 Å². The number of nitrogens with one attached hydrogen (secondary N) is 2. The van der Waals surface area contributed by atoms with Gasteiger partial charge in [0.2, 0.25) is 0 Å². The van der Waals surface area contributed by atoms with E-state index in [0.29, 0.717) is 33.1 Å². The third-order valence-corrected chi connectivity index (χ3v) is 8.21. The van der Waals surface area contributed by atoms with Crippen LogP contribution in [-0.2, 0) is 9.47 Å². The number of ether oxygens (including phenoxy) is 2. The van der Waals surface area contributed by atoms with E-state index in [9.17, 15) is 0 Å². The Kier molecular flexibility index (Phi) is 5.71. The van der Waals surface area contributed by atoms with E-state index in [2.05, 4.69) is 38.1 Å². The molecule has 2 aromatic heterocycles. The van der Waals surface area contributed by atoms with Crippen molar-refractivity contribution in [1.82, 2.24) is 26.0 Å². The average molecular weight is 491 g/mol. The van der Waals surface area contributed by atoms with Gasteiger partial charge in [-0.2, -0.15) is 5.10 Å². The normalized spacial score (nSPS) is 31.1.